The third-order valence-corrected chi connectivity index (χ3v) is 5.53. The maximum atomic E-state index is 13.4. The predicted molar refractivity (Wildman–Crippen MR) is 89.0 cm³/mol. The van der Waals surface area contributed by atoms with Gasteiger partial charge in [-0.2, -0.15) is 0 Å². The van der Waals surface area contributed by atoms with Crippen LogP contribution in [0.5, 0.6) is 0 Å². The Balaban J connectivity index is 1.37. The Morgan fingerprint density at radius 3 is 2.46 bits per heavy atom. The molecule has 1 heterocycles. The molecule has 2 aromatic rings. The molecule has 0 radical (unpaired) electrons. The Bertz CT molecular complexity index is 777. The number of nitrogens with zero attached hydrogens (tertiary/aromatic N) is 1. The smallest absolute Gasteiger partial charge is 0.317 e. The van der Waals surface area contributed by atoms with Crippen LogP contribution in [0, 0.1) is 5.41 Å². The summed E-state index contributed by atoms with van der Waals surface area (Å²) in [6, 6.07) is 13.9. The third kappa shape index (κ3) is 2.52. The molecule has 0 bridgehead atoms. The Labute approximate surface area is 139 Å². The number of carbonyl (C=O) groups excluding carboxylic acids is 1. The van der Waals surface area contributed by atoms with Crippen LogP contribution in [0.2, 0.25) is 0 Å². The minimum absolute atomic E-state index is 0.00847. The molecule has 2 aromatic carbocycles. The Morgan fingerprint density at radius 1 is 1.08 bits per heavy atom. The largest absolute Gasteiger partial charge is 0.334 e. The first-order chi connectivity index (χ1) is 11.5. The summed E-state index contributed by atoms with van der Waals surface area (Å²) in [6.07, 6.45) is 0.800. The Morgan fingerprint density at radius 2 is 1.75 bits per heavy atom. The number of amides is 2. The van der Waals surface area contributed by atoms with Crippen molar-refractivity contribution in [3.8, 4) is 0 Å². The van der Waals surface area contributed by atoms with Crippen LogP contribution in [-0.4, -0.2) is 29.9 Å². The van der Waals surface area contributed by atoms with Crippen LogP contribution in [0.25, 0.3) is 10.8 Å². The van der Waals surface area contributed by atoms with Gasteiger partial charge in [-0.1, -0.05) is 42.5 Å². The monoisotopic (exact) mass is 330 g/mol. The van der Waals surface area contributed by atoms with Crippen molar-refractivity contribution in [2.24, 2.45) is 5.41 Å². The zero-order valence-electron chi connectivity index (χ0n) is 13.4. The molecule has 1 N–H and O–H groups in total. The van der Waals surface area contributed by atoms with E-state index >= 15 is 0 Å². The normalized spacial score (nSPS) is 21.0. The first-order valence-electron chi connectivity index (χ1n) is 8.38. The zero-order valence-corrected chi connectivity index (χ0v) is 13.4. The third-order valence-electron chi connectivity index (χ3n) is 5.53. The average molecular weight is 330 g/mol. The van der Waals surface area contributed by atoms with Crippen molar-refractivity contribution in [1.82, 2.24) is 10.2 Å². The van der Waals surface area contributed by atoms with Crippen LogP contribution in [-0.2, 0) is 6.54 Å². The van der Waals surface area contributed by atoms with Crippen molar-refractivity contribution in [2.75, 3.05) is 13.1 Å². The summed E-state index contributed by atoms with van der Waals surface area (Å²) in [7, 11) is 0. The molecule has 0 unspecified atom stereocenters. The van der Waals surface area contributed by atoms with Crippen LogP contribution < -0.4 is 5.32 Å². The topological polar surface area (TPSA) is 32.3 Å². The molecule has 1 aliphatic carbocycles. The molecule has 1 saturated carbocycles. The number of rotatable bonds is 2. The van der Waals surface area contributed by atoms with Crippen molar-refractivity contribution in [3.05, 3.63) is 48.0 Å². The highest BCUT2D eigenvalue weighted by Crippen LogP contribution is 2.65. The highest BCUT2D eigenvalue weighted by atomic mass is 19.3. The predicted octanol–water partition coefficient (Wildman–Crippen LogP) is 4.17. The molecule has 126 valence electrons. The van der Waals surface area contributed by atoms with E-state index in [1.165, 1.54) is 0 Å². The van der Waals surface area contributed by atoms with Crippen LogP contribution in [0.4, 0.5) is 13.6 Å². The molecule has 3 nitrogen and oxygen atoms in total. The van der Waals surface area contributed by atoms with Crippen molar-refractivity contribution in [2.45, 2.75) is 31.7 Å². The van der Waals surface area contributed by atoms with Crippen molar-refractivity contribution >= 4 is 16.8 Å². The van der Waals surface area contributed by atoms with Gasteiger partial charge in [0, 0.05) is 31.5 Å². The minimum Gasteiger partial charge on any atom is -0.334 e. The van der Waals surface area contributed by atoms with Crippen molar-refractivity contribution < 1.29 is 13.6 Å². The number of carbonyl (C=O) groups is 1. The second kappa shape index (κ2) is 5.43. The number of benzene rings is 2. The molecule has 0 atom stereocenters. The molecule has 2 amide bonds. The van der Waals surface area contributed by atoms with E-state index in [0.29, 0.717) is 32.5 Å². The van der Waals surface area contributed by atoms with Crippen LogP contribution in [0.15, 0.2) is 42.5 Å². The second-order valence-corrected chi connectivity index (χ2v) is 6.95. The molecule has 1 spiro atoms. The molecular formula is C19H20F2N2O. The molecule has 1 aliphatic heterocycles. The van der Waals surface area contributed by atoms with E-state index in [0.717, 1.165) is 16.3 Å². The molecule has 5 heteroatoms. The van der Waals surface area contributed by atoms with Gasteiger partial charge < -0.3 is 10.2 Å². The number of piperidine rings is 1. The van der Waals surface area contributed by atoms with Crippen LogP contribution in [0.1, 0.15) is 24.8 Å². The number of likely N-dealkylation sites (tertiary alicyclic amines) is 1. The van der Waals surface area contributed by atoms with Crippen molar-refractivity contribution in [3.63, 3.8) is 0 Å². The summed E-state index contributed by atoms with van der Waals surface area (Å²) in [5.74, 6) is -2.52. The number of fused-ring (bicyclic) bond motifs is 1. The average Bonchev–Trinajstić information content (AvgIpc) is 3.12. The Hall–Kier alpha value is -2.17. The highest BCUT2D eigenvalue weighted by molar-refractivity contribution is 5.86. The molecule has 1 saturated heterocycles. The fourth-order valence-corrected chi connectivity index (χ4v) is 3.79. The molecular weight excluding hydrogens is 310 g/mol. The fourth-order valence-electron chi connectivity index (χ4n) is 3.79. The van der Waals surface area contributed by atoms with Gasteiger partial charge in [-0.3, -0.25) is 0 Å². The number of halogens is 2. The standard InChI is InChI=1S/C19H20F2N2O/c20-19(21)13-18(19)8-10-23(11-9-18)17(24)22-12-15-6-3-5-14-4-1-2-7-16(14)15/h1-7H,8-13H2,(H,22,24). The molecule has 24 heavy (non-hydrogen) atoms. The summed E-state index contributed by atoms with van der Waals surface area (Å²) in [5.41, 5.74) is 0.239. The lowest BCUT2D eigenvalue weighted by atomic mass is 9.93. The summed E-state index contributed by atoms with van der Waals surface area (Å²) in [4.78, 5) is 14.0. The minimum atomic E-state index is -2.52. The molecule has 0 aromatic heterocycles. The van der Waals surface area contributed by atoms with E-state index in [4.69, 9.17) is 0 Å². The van der Waals surface area contributed by atoms with E-state index in [1.807, 2.05) is 42.5 Å². The molecule has 2 aliphatic rings. The van der Waals surface area contributed by atoms with Gasteiger partial charge in [-0.05, 0) is 29.2 Å². The number of hydrogen-bond donors (Lipinski definition) is 1. The quantitative estimate of drug-likeness (QED) is 0.880. The lowest BCUT2D eigenvalue weighted by Gasteiger charge is -2.32. The number of nitrogens with one attached hydrogen (secondary N) is 1. The summed E-state index contributed by atoms with van der Waals surface area (Å²) in [5, 5.41) is 5.19. The second-order valence-electron chi connectivity index (χ2n) is 6.95. The Kier molecular flexibility index (Phi) is 3.48. The summed E-state index contributed by atoms with van der Waals surface area (Å²) < 4.78 is 26.8. The first kappa shape index (κ1) is 15.4. The van der Waals surface area contributed by atoms with Gasteiger partial charge in [0.15, 0.2) is 0 Å². The van der Waals surface area contributed by atoms with Gasteiger partial charge >= 0.3 is 6.03 Å². The molecule has 4 rings (SSSR count). The van der Waals surface area contributed by atoms with Gasteiger partial charge in [0.25, 0.3) is 5.92 Å². The van der Waals surface area contributed by atoms with Crippen LogP contribution in [0.3, 0.4) is 0 Å². The maximum absolute atomic E-state index is 13.4. The van der Waals surface area contributed by atoms with E-state index in [-0.39, 0.29) is 12.5 Å². The fraction of sp³-hybridized carbons (Fsp3) is 0.421. The van der Waals surface area contributed by atoms with Gasteiger partial charge in [0.1, 0.15) is 0 Å². The van der Waals surface area contributed by atoms with Crippen LogP contribution >= 0.6 is 0 Å². The maximum Gasteiger partial charge on any atom is 0.317 e. The zero-order chi connectivity index (χ0) is 16.8. The van der Waals surface area contributed by atoms with E-state index in [9.17, 15) is 13.6 Å². The van der Waals surface area contributed by atoms with E-state index in [2.05, 4.69) is 5.32 Å². The lowest BCUT2D eigenvalue weighted by Crippen LogP contribution is -2.45. The van der Waals surface area contributed by atoms with E-state index in [1.54, 1.807) is 4.90 Å². The number of alkyl halides is 2. The lowest BCUT2D eigenvalue weighted by molar-refractivity contribution is 0.0370. The van der Waals surface area contributed by atoms with Gasteiger partial charge in [0.05, 0.1) is 0 Å². The van der Waals surface area contributed by atoms with E-state index < -0.39 is 11.3 Å². The first-order valence-corrected chi connectivity index (χ1v) is 8.38. The van der Waals surface area contributed by atoms with Gasteiger partial charge in [-0.15, -0.1) is 0 Å². The highest BCUT2D eigenvalue weighted by Gasteiger charge is 2.70. The molecule has 2 fully saturated rings. The SMILES string of the molecule is O=C(NCc1cccc2ccccc12)N1CCC2(CC1)CC2(F)F. The number of urea groups is 1. The summed E-state index contributed by atoms with van der Waals surface area (Å²) >= 11 is 0. The van der Waals surface area contributed by atoms with Gasteiger partial charge in [0.2, 0.25) is 0 Å². The van der Waals surface area contributed by atoms with Crippen molar-refractivity contribution in [1.29, 1.82) is 0 Å². The summed E-state index contributed by atoms with van der Waals surface area (Å²) in [6.45, 7) is 1.27. The van der Waals surface area contributed by atoms with Gasteiger partial charge in [-0.25, -0.2) is 13.6 Å². The number of hydrogen-bond acceptors (Lipinski definition) is 1.